The second-order valence-electron chi connectivity index (χ2n) is 9.41. The number of hydrogen-bond donors (Lipinski definition) is 2. The van der Waals surface area contributed by atoms with Gasteiger partial charge in [-0.25, -0.2) is 9.97 Å². The highest BCUT2D eigenvalue weighted by molar-refractivity contribution is 7.99. The minimum Gasteiger partial charge on any atom is -0.379 e. The number of carbonyl (C=O) groups is 2. The van der Waals surface area contributed by atoms with Crippen LogP contribution in [0.4, 0.5) is 5.13 Å². The lowest BCUT2D eigenvalue weighted by atomic mass is 10.1. The Labute approximate surface area is 234 Å². The van der Waals surface area contributed by atoms with E-state index in [4.69, 9.17) is 14.5 Å². The number of thiazole rings is 1. The second-order valence-corrected chi connectivity index (χ2v) is 11.3. The molecule has 4 heterocycles. The maximum Gasteiger partial charge on any atom is 0.262 e. The van der Waals surface area contributed by atoms with Crippen LogP contribution in [0.2, 0.25) is 0 Å². The van der Waals surface area contributed by atoms with Gasteiger partial charge in [0, 0.05) is 43.4 Å². The van der Waals surface area contributed by atoms with Gasteiger partial charge in [-0.15, -0.1) is 11.3 Å². The van der Waals surface area contributed by atoms with Crippen molar-refractivity contribution >= 4 is 50.9 Å². The van der Waals surface area contributed by atoms with Gasteiger partial charge in [0.05, 0.1) is 42.5 Å². The van der Waals surface area contributed by atoms with Crippen LogP contribution in [-0.2, 0) is 20.8 Å². The van der Waals surface area contributed by atoms with Crippen LogP contribution in [0.5, 0.6) is 0 Å². The van der Waals surface area contributed by atoms with E-state index >= 15 is 0 Å². The molecule has 11 nitrogen and oxygen atoms in total. The van der Waals surface area contributed by atoms with Crippen molar-refractivity contribution in [1.82, 2.24) is 24.8 Å². The van der Waals surface area contributed by atoms with Gasteiger partial charge in [-0.3, -0.25) is 23.9 Å². The first kappa shape index (κ1) is 27.7. The molecule has 1 unspecified atom stereocenters. The van der Waals surface area contributed by atoms with Crippen LogP contribution in [0.25, 0.3) is 10.9 Å². The smallest absolute Gasteiger partial charge is 0.262 e. The summed E-state index contributed by atoms with van der Waals surface area (Å²) in [7, 11) is 0. The van der Waals surface area contributed by atoms with E-state index in [1.54, 1.807) is 34.3 Å². The topological polar surface area (TPSA) is 128 Å². The number of benzene rings is 1. The molecule has 2 N–H and O–H groups in total. The number of nitrogens with zero attached hydrogens (tertiary/aromatic N) is 4. The quantitative estimate of drug-likeness (QED) is 0.202. The van der Waals surface area contributed by atoms with E-state index in [0.717, 1.165) is 52.1 Å². The zero-order valence-corrected chi connectivity index (χ0v) is 23.2. The van der Waals surface area contributed by atoms with Crippen LogP contribution in [0, 0.1) is 0 Å². The van der Waals surface area contributed by atoms with Gasteiger partial charge < -0.3 is 20.1 Å². The Morgan fingerprint density at radius 1 is 1.21 bits per heavy atom. The van der Waals surface area contributed by atoms with Crippen molar-refractivity contribution in [3.8, 4) is 0 Å². The summed E-state index contributed by atoms with van der Waals surface area (Å²) in [4.78, 5) is 50.0. The number of carbonyl (C=O) groups excluding carboxylic acids is 2. The molecule has 3 aromatic rings. The zero-order chi connectivity index (χ0) is 27.0. The number of amides is 2. The molecule has 39 heavy (non-hydrogen) atoms. The van der Waals surface area contributed by atoms with Crippen molar-refractivity contribution in [2.75, 3.05) is 57.1 Å². The molecular weight excluding hydrogens is 540 g/mol. The summed E-state index contributed by atoms with van der Waals surface area (Å²) in [5.41, 5.74) is 0.651. The minimum atomic E-state index is -0.238. The SMILES string of the molecule is O=C(CSc1nc2cc(C(=O)NCCCN3CCOCC3)ccc2c(=O)n1CC1CCCO1)Nc1nccs1. The molecule has 13 heteroatoms. The molecule has 5 rings (SSSR count). The van der Waals surface area contributed by atoms with Crippen molar-refractivity contribution in [1.29, 1.82) is 0 Å². The van der Waals surface area contributed by atoms with Crippen molar-refractivity contribution in [2.24, 2.45) is 0 Å². The van der Waals surface area contributed by atoms with E-state index in [1.807, 2.05) is 0 Å². The fraction of sp³-hybridized carbons (Fsp3) is 0.500. The predicted octanol–water partition coefficient (Wildman–Crippen LogP) is 2.21. The molecule has 1 aromatic carbocycles. The normalized spacial score (nSPS) is 17.9. The monoisotopic (exact) mass is 572 g/mol. The van der Waals surface area contributed by atoms with Gasteiger partial charge in [0.1, 0.15) is 0 Å². The molecular formula is C26H32N6O5S2. The third-order valence-electron chi connectivity index (χ3n) is 6.64. The van der Waals surface area contributed by atoms with Gasteiger partial charge in [-0.05, 0) is 44.0 Å². The molecule has 2 aliphatic rings. The summed E-state index contributed by atoms with van der Waals surface area (Å²) in [5.74, 6) is -0.383. The summed E-state index contributed by atoms with van der Waals surface area (Å²) >= 11 is 2.52. The Morgan fingerprint density at radius 2 is 2.08 bits per heavy atom. The second kappa shape index (κ2) is 13.5. The van der Waals surface area contributed by atoms with E-state index in [1.165, 1.54) is 23.1 Å². The maximum atomic E-state index is 13.5. The Bertz CT molecular complexity index is 1340. The van der Waals surface area contributed by atoms with Crippen LogP contribution in [0.1, 0.15) is 29.6 Å². The number of ether oxygens (including phenoxy) is 2. The van der Waals surface area contributed by atoms with Crippen molar-refractivity contribution < 1.29 is 19.1 Å². The Balaban J connectivity index is 1.29. The average Bonchev–Trinajstić information content (AvgIpc) is 3.66. The van der Waals surface area contributed by atoms with Crippen LogP contribution < -0.4 is 16.2 Å². The fourth-order valence-electron chi connectivity index (χ4n) is 4.61. The molecule has 0 bridgehead atoms. The van der Waals surface area contributed by atoms with Gasteiger partial charge in [0.2, 0.25) is 5.91 Å². The molecule has 2 aliphatic heterocycles. The molecule has 0 spiro atoms. The highest BCUT2D eigenvalue weighted by Gasteiger charge is 2.21. The zero-order valence-electron chi connectivity index (χ0n) is 21.6. The number of nitrogens with one attached hydrogen (secondary N) is 2. The molecule has 0 aliphatic carbocycles. The first-order valence-corrected chi connectivity index (χ1v) is 15.0. The van der Waals surface area contributed by atoms with Gasteiger partial charge in [0.25, 0.3) is 11.5 Å². The predicted molar refractivity (Wildman–Crippen MR) is 151 cm³/mol. The lowest BCUT2D eigenvalue weighted by molar-refractivity contribution is -0.113. The molecule has 1 atom stereocenters. The number of morpholine rings is 1. The average molecular weight is 573 g/mol. The molecule has 2 saturated heterocycles. The van der Waals surface area contributed by atoms with Gasteiger partial charge in [-0.2, -0.15) is 0 Å². The molecule has 2 aromatic heterocycles. The standard InChI is InChI=1S/C26H32N6O5S2/c33-22(30-25-28-7-14-38-25)17-39-26-29-21-15-18(23(34)27-6-2-8-31-9-12-36-13-10-31)4-5-20(21)24(35)32(26)16-19-3-1-11-37-19/h4-5,7,14-15,19H,1-3,6,8-13,16-17H2,(H,27,34)(H,28,30,33). The first-order valence-electron chi connectivity index (χ1n) is 13.1. The fourth-order valence-corrected chi connectivity index (χ4v) is 5.96. The van der Waals surface area contributed by atoms with Crippen LogP contribution in [-0.4, -0.2) is 89.1 Å². The third kappa shape index (κ3) is 7.42. The number of aromatic nitrogens is 3. The highest BCUT2D eigenvalue weighted by atomic mass is 32.2. The van der Waals surface area contributed by atoms with E-state index < -0.39 is 0 Å². The van der Waals surface area contributed by atoms with E-state index in [0.29, 0.717) is 46.5 Å². The van der Waals surface area contributed by atoms with Crippen LogP contribution in [0.15, 0.2) is 39.7 Å². The summed E-state index contributed by atoms with van der Waals surface area (Å²) in [5, 5.41) is 8.86. The number of rotatable bonds is 11. The summed E-state index contributed by atoms with van der Waals surface area (Å²) in [6.07, 6.45) is 4.20. The summed E-state index contributed by atoms with van der Waals surface area (Å²) in [6.45, 7) is 5.84. The maximum absolute atomic E-state index is 13.5. The third-order valence-corrected chi connectivity index (χ3v) is 8.31. The Kier molecular flexibility index (Phi) is 9.58. The molecule has 208 valence electrons. The van der Waals surface area contributed by atoms with Crippen molar-refractivity contribution in [3.63, 3.8) is 0 Å². The van der Waals surface area contributed by atoms with Gasteiger partial charge in [-0.1, -0.05) is 11.8 Å². The van der Waals surface area contributed by atoms with Crippen molar-refractivity contribution in [3.05, 3.63) is 45.7 Å². The highest BCUT2D eigenvalue weighted by Crippen LogP contribution is 2.22. The Morgan fingerprint density at radius 3 is 2.85 bits per heavy atom. The first-order chi connectivity index (χ1) is 19.1. The number of fused-ring (bicyclic) bond motifs is 1. The Hall–Kier alpha value is -2.84. The lowest BCUT2D eigenvalue weighted by Gasteiger charge is -2.26. The van der Waals surface area contributed by atoms with Crippen LogP contribution >= 0.6 is 23.1 Å². The van der Waals surface area contributed by atoms with Crippen LogP contribution in [0.3, 0.4) is 0 Å². The molecule has 0 saturated carbocycles. The van der Waals surface area contributed by atoms with Gasteiger partial charge in [0.15, 0.2) is 10.3 Å². The summed E-state index contributed by atoms with van der Waals surface area (Å²) < 4.78 is 12.7. The molecule has 2 amide bonds. The van der Waals surface area contributed by atoms with E-state index in [2.05, 4.69) is 20.5 Å². The van der Waals surface area contributed by atoms with Crippen molar-refractivity contribution in [2.45, 2.75) is 37.1 Å². The number of thioether (sulfide) groups is 1. The molecule has 0 radical (unpaired) electrons. The molecule has 2 fully saturated rings. The summed E-state index contributed by atoms with van der Waals surface area (Å²) in [6, 6.07) is 4.96. The van der Waals surface area contributed by atoms with E-state index in [-0.39, 0.29) is 29.2 Å². The van der Waals surface area contributed by atoms with E-state index in [9.17, 15) is 14.4 Å². The number of hydrogen-bond acceptors (Lipinski definition) is 10. The number of anilines is 1. The lowest BCUT2D eigenvalue weighted by Crippen LogP contribution is -2.38. The van der Waals surface area contributed by atoms with Gasteiger partial charge >= 0.3 is 0 Å². The minimum absolute atomic E-state index is 0.0619. The largest absolute Gasteiger partial charge is 0.379 e.